The second-order valence-electron chi connectivity index (χ2n) is 5.12. The summed E-state index contributed by atoms with van der Waals surface area (Å²) in [6.07, 6.45) is 6.95. The van der Waals surface area contributed by atoms with Crippen LogP contribution in [0.1, 0.15) is 38.5 Å². The molecule has 98 valence electrons. The molecule has 2 heterocycles. The van der Waals surface area contributed by atoms with E-state index in [1.807, 2.05) is 0 Å². The molecule has 2 atom stereocenters. The molecule has 2 fully saturated rings. The van der Waals surface area contributed by atoms with Gasteiger partial charge in [-0.3, -0.25) is 9.69 Å². The first-order valence-corrected chi connectivity index (χ1v) is 7.89. The molecule has 0 N–H and O–H groups in total. The number of esters is 1. The van der Waals surface area contributed by atoms with Crippen molar-refractivity contribution in [2.24, 2.45) is 5.92 Å². The van der Waals surface area contributed by atoms with Crippen LogP contribution in [0.3, 0.4) is 0 Å². The molecule has 3 nitrogen and oxygen atoms in total. The van der Waals surface area contributed by atoms with Gasteiger partial charge in [-0.1, -0.05) is 22.4 Å². The van der Waals surface area contributed by atoms with Gasteiger partial charge in [0.2, 0.25) is 0 Å². The monoisotopic (exact) mass is 303 g/mol. The van der Waals surface area contributed by atoms with Gasteiger partial charge in [0.25, 0.3) is 0 Å². The quantitative estimate of drug-likeness (QED) is 0.590. The van der Waals surface area contributed by atoms with Crippen molar-refractivity contribution in [2.45, 2.75) is 44.6 Å². The molecule has 0 spiro atoms. The molecular formula is C13H22BrNO2. The van der Waals surface area contributed by atoms with Crippen LogP contribution in [-0.4, -0.2) is 41.9 Å². The fourth-order valence-corrected chi connectivity index (χ4v) is 3.44. The first-order valence-electron chi connectivity index (χ1n) is 6.77. The Morgan fingerprint density at radius 2 is 2.06 bits per heavy atom. The number of piperidine rings is 2. The standard InChI is InChI=1S/C13H22BrNO2/c14-7-6-13(16)17-10-11-4-3-9-15-8-2-1-5-12(11)15/h11-12H,1-10H2. The summed E-state index contributed by atoms with van der Waals surface area (Å²) in [5, 5.41) is 0.700. The third-order valence-corrected chi connectivity index (χ3v) is 4.38. The van der Waals surface area contributed by atoms with Crippen molar-refractivity contribution in [1.82, 2.24) is 4.90 Å². The van der Waals surface area contributed by atoms with E-state index >= 15 is 0 Å². The molecule has 4 heteroatoms. The van der Waals surface area contributed by atoms with Crippen molar-refractivity contribution in [2.75, 3.05) is 25.0 Å². The summed E-state index contributed by atoms with van der Waals surface area (Å²) < 4.78 is 5.38. The molecule has 0 aromatic heterocycles. The highest BCUT2D eigenvalue weighted by Gasteiger charge is 2.33. The fourth-order valence-electron chi connectivity index (χ4n) is 3.12. The number of hydrogen-bond donors (Lipinski definition) is 0. The number of nitrogens with zero attached hydrogens (tertiary/aromatic N) is 1. The molecule has 2 unspecified atom stereocenters. The summed E-state index contributed by atoms with van der Waals surface area (Å²) in [6.45, 7) is 3.13. The number of alkyl halides is 1. The van der Waals surface area contributed by atoms with Crippen LogP contribution in [0.15, 0.2) is 0 Å². The lowest BCUT2D eigenvalue weighted by molar-refractivity contribution is -0.146. The molecule has 0 saturated carbocycles. The molecular weight excluding hydrogens is 282 g/mol. The first kappa shape index (κ1) is 13.3. The molecule has 2 rings (SSSR count). The van der Waals surface area contributed by atoms with E-state index in [9.17, 15) is 4.79 Å². The smallest absolute Gasteiger partial charge is 0.306 e. The zero-order valence-electron chi connectivity index (χ0n) is 10.4. The number of fused-ring (bicyclic) bond motifs is 1. The van der Waals surface area contributed by atoms with Gasteiger partial charge in [-0.25, -0.2) is 0 Å². The SMILES string of the molecule is O=C(CCBr)OCC1CCCN2CCCCC12. The molecule has 2 aliphatic rings. The summed E-state index contributed by atoms with van der Waals surface area (Å²) in [6, 6.07) is 0.675. The van der Waals surface area contributed by atoms with Crippen LogP contribution in [0, 0.1) is 5.92 Å². The highest BCUT2D eigenvalue weighted by Crippen LogP contribution is 2.30. The maximum absolute atomic E-state index is 11.4. The van der Waals surface area contributed by atoms with Crippen LogP contribution in [-0.2, 0) is 9.53 Å². The van der Waals surface area contributed by atoms with Gasteiger partial charge in [0.05, 0.1) is 13.0 Å². The van der Waals surface area contributed by atoms with Crippen LogP contribution < -0.4 is 0 Å². The topological polar surface area (TPSA) is 29.5 Å². The van der Waals surface area contributed by atoms with E-state index in [2.05, 4.69) is 20.8 Å². The average Bonchev–Trinajstić information content (AvgIpc) is 2.36. The molecule has 0 radical (unpaired) electrons. The third-order valence-electron chi connectivity index (χ3n) is 3.99. The summed E-state index contributed by atoms with van der Waals surface area (Å²) >= 11 is 3.26. The Kier molecular flexibility index (Phi) is 5.29. The minimum atomic E-state index is -0.0604. The van der Waals surface area contributed by atoms with Crippen molar-refractivity contribution >= 4 is 21.9 Å². The van der Waals surface area contributed by atoms with Gasteiger partial charge in [-0.05, 0) is 38.8 Å². The Bertz CT molecular complexity index is 258. The number of rotatable bonds is 4. The lowest BCUT2D eigenvalue weighted by Gasteiger charge is -2.44. The van der Waals surface area contributed by atoms with Crippen LogP contribution >= 0.6 is 15.9 Å². The van der Waals surface area contributed by atoms with Crippen molar-refractivity contribution in [1.29, 1.82) is 0 Å². The molecule has 0 bridgehead atoms. The summed E-state index contributed by atoms with van der Waals surface area (Å²) in [5.74, 6) is 0.512. The summed E-state index contributed by atoms with van der Waals surface area (Å²) in [4.78, 5) is 14.0. The molecule has 17 heavy (non-hydrogen) atoms. The van der Waals surface area contributed by atoms with Gasteiger partial charge in [-0.2, -0.15) is 0 Å². The maximum Gasteiger partial charge on any atom is 0.306 e. The predicted molar refractivity (Wildman–Crippen MR) is 71.3 cm³/mol. The number of carbonyl (C=O) groups is 1. The van der Waals surface area contributed by atoms with E-state index in [-0.39, 0.29) is 5.97 Å². The second kappa shape index (κ2) is 6.74. The third kappa shape index (κ3) is 3.68. The molecule has 0 amide bonds. The number of ether oxygens (including phenoxy) is 1. The van der Waals surface area contributed by atoms with Gasteiger partial charge in [0.1, 0.15) is 0 Å². The number of hydrogen-bond acceptors (Lipinski definition) is 3. The number of carbonyl (C=O) groups excluding carboxylic acids is 1. The van der Waals surface area contributed by atoms with Crippen molar-refractivity contribution in [3.63, 3.8) is 0 Å². The number of halogens is 1. The maximum atomic E-state index is 11.4. The normalized spacial score (nSPS) is 29.7. The molecule has 0 aromatic carbocycles. The highest BCUT2D eigenvalue weighted by atomic mass is 79.9. The second-order valence-corrected chi connectivity index (χ2v) is 5.92. The van der Waals surface area contributed by atoms with Crippen LogP contribution in [0.2, 0.25) is 0 Å². The lowest BCUT2D eigenvalue weighted by Crippen LogP contribution is -2.49. The Labute approximate surface area is 112 Å². The Morgan fingerprint density at radius 1 is 1.24 bits per heavy atom. The Balaban J connectivity index is 1.80. The Hall–Kier alpha value is -0.0900. The van der Waals surface area contributed by atoms with Crippen molar-refractivity contribution in [3.8, 4) is 0 Å². The highest BCUT2D eigenvalue weighted by molar-refractivity contribution is 9.09. The van der Waals surface area contributed by atoms with Gasteiger partial charge < -0.3 is 4.74 Å². The zero-order valence-corrected chi connectivity index (χ0v) is 12.0. The summed E-state index contributed by atoms with van der Waals surface area (Å²) in [7, 11) is 0. The zero-order chi connectivity index (χ0) is 12.1. The minimum absolute atomic E-state index is 0.0604. The van der Waals surface area contributed by atoms with E-state index in [0.717, 1.165) is 0 Å². The average molecular weight is 304 g/mol. The van der Waals surface area contributed by atoms with E-state index in [1.54, 1.807) is 0 Å². The molecule has 2 saturated heterocycles. The van der Waals surface area contributed by atoms with Gasteiger partial charge in [0.15, 0.2) is 0 Å². The Morgan fingerprint density at radius 3 is 2.88 bits per heavy atom. The summed E-state index contributed by atoms with van der Waals surface area (Å²) in [5.41, 5.74) is 0. The van der Waals surface area contributed by atoms with E-state index < -0.39 is 0 Å². The van der Waals surface area contributed by atoms with E-state index in [1.165, 1.54) is 45.2 Å². The van der Waals surface area contributed by atoms with Crippen molar-refractivity contribution in [3.05, 3.63) is 0 Å². The molecule has 0 aromatic rings. The molecule has 2 aliphatic heterocycles. The largest absolute Gasteiger partial charge is 0.465 e. The van der Waals surface area contributed by atoms with Gasteiger partial charge >= 0.3 is 5.97 Å². The van der Waals surface area contributed by atoms with E-state index in [4.69, 9.17) is 4.74 Å². The van der Waals surface area contributed by atoms with E-state index in [0.29, 0.717) is 30.3 Å². The first-order chi connectivity index (χ1) is 8.31. The predicted octanol–water partition coefficient (Wildman–Crippen LogP) is 2.58. The van der Waals surface area contributed by atoms with Crippen LogP contribution in [0.4, 0.5) is 0 Å². The van der Waals surface area contributed by atoms with Crippen LogP contribution in [0.25, 0.3) is 0 Å². The van der Waals surface area contributed by atoms with Crippen LogP contribution in [0.5, 0.6) is 0 Å². The minimum Gasteiger partial charge on any atom is -0.465 e. The van der Waals surface area contributed by atoms with Gasteiger partial charge in [-0.15, -0.1) is 0 Å². The fraction of sp³-hybridized carbons (Fsp3) is 0.923. The molecule has 0 aliphatic carbocycles. The lowest BCUT2D eigenvalue weighted by atomic mass is 9.84. The van der Waals surface area contributed by atoms with Gasteiger partial charge in [0, 0.05) is 17.3 Å². The van der Waals surface area contributed by atoms with Crippen molar-refractivity contribution < 1.29 is 9.53 Å².